The van der Waals surface area contributed by atoms with Crippen molar-refractivity contribution in [2.24, 2.45) is 0 Å². The molecule has 0 unspecified atom stereocenters. The van der Waals surface area contributed by atoms with Gasteiger partial charge < -0.3 is 10.4 Å². The molecule has 1 amide bonds. The Hall–Kier alpha value is -1.99. The van der Waals surface area contributed by atoms with Crippen LogP contribution in [0, 0.1) is 11.8 Å². The summed E-state index contributed by atoms with van der Waals surface area (Å²) >= 11 is 11.9. The Balaban J connectivity index is 2.15. The number of benzene rings is 2. The number of hydrogen-bond acceptors (Lipinski definition) is 2. The van der Waals surface area contributed by atoms with Gasteiger partial charge in [0.2, 0.25) is 0 Å². The molecule has 2 rings (SSSR count). The van der Waals surface area contributed by atoms with Gasteiger partial charge in [-0.3, -0.25) is 4.79 Å². The summed E-state index contributed by atoms with van der Waals surface area (Å²) in [5.41, 5.74) is 1.65. The van der Waals surface area contributed by atoms with Crippen molar-refractivity contribution in [3.05, 3.63) is 63.6 Å². The molecule has 3 nitrogen and oxygen atoms in total. The summed E-state index contributed by atoms with van der Waals surface area (Å²) in [6.45, 7) is -0.199. The Bertz CT molecular complexity index is 715. The number of carbonyl (C=O) groups excluding carboxylic acids is 1. The minimum Gasteiger partial charge on any atom is -0.384 e. The highest BCUT2D eigenvalue weighted by Crippen LogP contribution is 2.25. The first-order valence-corrected chi connectivity index (χ1v) is 6.82. The third kappa shape index (κ3) is 4.24. The van der Waals surface area contributed by atoms with Gasteiger partial charge in [-0.1, -0.05) is 35.0 Å². The van der Waals surface area contributed by atoms with Gasteiger partial charge in [-0.2, -0.15) is 0 Å². The van der Waals surface area contributed by atoms with Crippen LogP contribution < -0.4 is 5.32 Å². The molecule has 0 atom stereocenters. The van der Waals surface area contributed by atoms with Gasteiger partial charge in [0.25, 0.3) is 5.91 Å². The predicted octanol–water partition coefficient (Wildman–Crippen LogP) is 3.59. The molecule has 0 aliphatic rings. The summed E-state index contributed by atoms with van der Waals surface area (Å²) < 4.78 is 0. The van der Waals surface area contributed by atoms with Gasteiger partial charge in [0.15, 0.2) is 0 Å². The molecule has 0 saturated carbocycles. The van der Waals surface area contributed by atoms with E-state index < -0.39 is 0 Å². The van der Waals surface area contributed by atoms with Gasteiger partial charge in [0.1, 0.15) is 6.61 Å². The quantitative estimate of drug-likeness (QED) is 0.831. The molecule has 0 saturated heterocycles. The van der Waals surface area contributed by atoms with Crippen LogP contribution >= 0.6 is 23.2 Å². The third-order valence-electron chi connectivity index (χ3n) is 2.64. The topological polar surface area (TPSA) is 49.3 Å². The van der Waals surface area contributed by atoms with Crippen LogP contribution in [0.3, 0.4) is 0 Å². The summed E-state index contributed by atoms with van der Waals surface area (Å²) in [4.78, 5) is 12.1. The largest absolute Gasteiger partial charge is 0.384 e. The molecular weight excluding hydrogens is 309 g/mol. The van der Waals surface area contributed by atoms with Crippen molar-refractivity contribution in [1.82, 2.24) is 0 Å². The van der Waals surface area contributed by atoms with Crippen LogP contribution in [0.4, 0.5) is 5.69 Å². The first kappa shape index (κ1) is 15.4. The monoisotopic (exact) mass is 319 g/mol. The molecular formula is C16H11Cl2NO2. The summed E-state index contributed by atoms with van der Waals surface area (Å²) in [6.07, 6.45) is 0. The van der Waals surface area contributed by atoms with E-state index in [4.69, 9.17) is 28.3 Å². The Morgan fingerprint density at radius 1 is 1.14 bits per heavy atom. The van der Waals surface area contributed by atoms with Gasteiger partial charge in [0.05, 0.1) is 10.7 Å². The van der Waals surface area contributed by atoms with Crippen molar-refractivity contribution in [2.45, 2.75) is 0 Å². The minimum absolute atomic E-state index is 0.199. The molecule has 0 fully saturated rings. The third-order valence-corrected chi connectivity index (χ3v) is 3.20. The number of anilines is 1. The number of halogens is 2. The Morgan fingerprint density at radius 3 is 2.52 bits per heavy atom. The molecule has 2 N–H and O–H groups in total. The van der Waals surface area contributed by atoms with Crippen LogP contribution in [-0.2, 0) is 0 Å². The molecule has 2 aromatic rings. The van der Waals surface area contributed by atoms with E-state index in [1.807, 2.05) is 0 Å². The van der Waals surface area contributed by atoms with E-state index in [-0.39, 0.29) is 12.5 Å². The second-order valence-electron chi connectivity index (χ2n) is 4.12. The van der Waals surface area contributed by atoms with E-state index in [9.17, 15) is 4.79 Å². The molecule has 0 aromatic heterocycles. The standard InChI is InChI=1S/C16H11Cl2NO2/c17-13-7-8-14(18)15(10-13)19-16(21)12-5-3-11(4-6-12)2-1-9-20/h3-8,10,20H,9H2,(H,19,21). The van der Waals surface area contributed by atoms with Crippen molar-refractivity contribution in [2.75, 3.05) is 11.9 Å². The van der Waals surface area contributed by atoms with E-state index in [1.165, 1.54) is 0 Å². The number of aliphatic hydroxyl groups excluding tert-OH is 1. The first-order chi connectivity index (χ1) is 10.1. The number of aliphatic hydroxyl groups is 1. The van der Waals surface area contributed by atoms with Crippen LogP contribution in [0.1, 0.15) is 15.9 Å². The van der Waals surface area contributed by atoms with E-state index in [1.54, 1.807) is 42.5 Å². The fraction of sp³-hybridized carbons (Fsp3) is 0.0625. The van der Waals surface area contributed by atoms with Crippen LogP contribution in [-0.4, -0.2) is 17.6 Å². The highest BCUT2D eigenvalue weighted by Gasteiger charge is 2.08. The van der Waals surface area contributed by atoms with E-state index in [2.05, 4.69) is 17.2 Å². The van der Waals surface area contributed by atoms with Gasteiger partial charge >= 0.3 is 0 Å². The fourth-order valence-corrected chi connectivity index (χ4v) is 1.97. The zero-order valence-electron chi connectivity index (χ0n) is 10.9. The molecule has 0 aliphatic heterocycles. The molecule has 106 valence electrons. The average molecular weight is 320 g/mol. The number of carbonyl (C=O) groups is 1. The van der Waals surface area contributed by atoms with Crippen LogP contribution in [0.5, 0.6) is 0 Å². The lowest BCUT2D eigenvalue weighted by atomic mass is 10.1. The summed E-state index contributed by atoms with van der Waals surface area (Å²) in [5, 5.41) is 12.2. The van der Waals surface area contributed by atoms with Crippen molar-refractivity contribution in [3.63, 3.8) is 0 Å². The SMILES string of the molecule is O=C(Nc1cc(Cl)ccc1Cl)c1ccc(C#CCO)cc1. The Labute approximate surface area is 132 Å². The Kier molecular flexibility index (Phi) is 5.24. The van der Waals surface area contributed by atoms with Crippen LogP contribution in [0.2, 0.25) is 10.0 Å². The molecule has 0 bridgehead atoms. The zero-order chi connectivity index (χ0) is 15.2. The van der Waals surface area contributed by atoms with E-state index >= 15 is 0 Å². The van der Waals surface area contributed by atoms with Gasteiger partial charge in [0, 0.05) is 16.1 Å². The molecule has 5 heteroatoms. The normalized spacial score (nSPS) is 9.67. The second-order valence-corrected chi connectivity index (χ2v) is 4.96. The maximum Gasteiger partial charge on any atom is 0.255 e. The van der Waals surface area contributed by atoms with Gasteiger partial charge in [-0.25, -0.2) is 0 Å². The summed E-state index contributed by atoms with van der Waals surface area (Å²) in [7, 11) is 0. The molecule has 0 radical (unpaired) electrons. The first-order valence-electron chi connectivity index (χ1n) is 6.06. The number of rotatable bonds is 2. The maximum atomic E-state index is 12.1. The van der Waals surface area contributed by atoms with Crippen molar-refractivity contribution >= 4 is 34.8 Å². The van der Waals surface area contributed by atoms with Crippen molar-refractivity contribution in [1.29, 1.82) is 0 Å². The Morgan fingerprint density at radius 2 is 1.86 bits per heavy atom. The van der Waals surface area contributed by atoms with Crippen LogP contribution in [0.25, 0.3) is 0 Å². The summed E-state index contributed by atoms with van der Waals surface area (Å²) in [6, 6.07) is 11.6. The van der Waals surface area contributed by atoms with E-state index in [0.29, 0.717) is 21.3 Å². The number of hydrogen-bond donors (Lipinski definition) is 2. The minimum atomic E-state index is -0.291. The predicted molar refractivity (Wildman–Crippen MR) is 84.8 cm³/mol. The lowest BCUT2D eigenvalue weighted by Crippen LogP contribution is -2.12. The highest BCUT2D eigenvalue weighted by molar-refractivity contribution is 6.35. The van der Waals surface area contributed by atoms with Crippen molar-refractivity contribution < 1.29 is 9.90 Å². The van der Waals surface area contributed by atoms with E-state index in [0.717, 1.165) is 5.56 Å². The molecule has 0 aliphatic carbocycles. The average Bonchev–Trinajstić information content (AvgIpc) is 2.49. The van der Waals surface area contributed by atoms with Crippen LogP contribution in [0.15, 0.2) is 42.5 Å². The molecule has 2 aromatic carbocycles. The lowest BCUT2D eigenvalue weighted by molar-refractivity contribution is 0.102. The van der Waals surface area contributed by atoms with Crippen molar-refractivity contribution in [3.8, 4) is 11.8 Å². The molecule has 0 spiro atoms. The lowest BCUT2D eigenvalue weighted by Gasteiger charge is -2.07. The second kappa shape index (κ2) is 7.14. The fourth-order valence-electron chi connectivity index (χ4n) is 1.63. The molecule has 0 heterocycles. The zero-order valence-corrected chi connectivity index (χ0v) is 12.4. The van der Waals surface area contributed by atoms with Gasteiger partial charge in [-0.15, -0.1) is 0 Å². The number of nitrogens with one attached hydrogen (secondary N) is 1. The maximum absolute atomic E-state index is 12.1. The summed E-state index contributed by atoms with van der Waals surface area (Å²) in [5.74, 6) is 5.01. The smallest absolute Gasteiger partial charge is 0.255 e. The highest BCUT2D eigenvalue weighted by atomic mass is 35.5. The number of amides is 1. The molecule has 21 heavy (non-hydrogen) atoms. The van der Waals surface area contributed by atoms with Gasteiger partial charge in [-0.05, 0) is 42.5 Å².